The standard InChI is InChI=1S/C25H35N3O3/c1-4-5-6-7-16-31-23-14-12-20(13-15-23)26-18-25(30)28-22-10-8-21(9-11-22)27-24(29)17-19(2)3/h8-15,19,26H,4-7,16-18H2,1-3H3,(H,27,29)(H,28,30). The first-order valence-corrected chi connectivity index (χ1v) is 11.1. The molecule has 0 aliphatic rings. The molecular weight excluding hydrogens is 390 g/mol. The van der Waals surface area contributed by atoms with Crippen molar-refractivity contribution in [3.05, 3.63) is 48.5 Å². The van der Waals surface area contributed by atoms with Gasteiger partial charge in [-0.15, -0.1) is 0 Å². The van der Waals surface area contributed by atoms with E-state index in [0.29, 0.717) is 18.0 Å². The maximum absolute atomic E-state index is 12.2. The minimum atomic E-state index is -0.146. The van der Waals surface area contributed by atoms with Crippen LogP contribution in [0.4, 0.5) is 17.1 Å². The number of carbonyl (C=O) groups excluding carboxylic acids is 2. The molecule has 0 fully saturated rings. The Balaban J connectivity index is 1.71. The number of unbranched alkanes of at least 4 members (excludes halogenated alkanes) is 3. The van der Waals surface area contributed by atoms with Gasteiger partial charge >= 0.3 is 0 Å². The molecule has 0 saturated heterocycles. The molecule has 168 valence electrons. The second-order valence-electron chi connectivity index (χ2n) is 8.06. The Morgan fingerprint density at radius 1 is 0.806 bits per heavy atom. The van der Waals surface area contributed by atoms with Crippen molar-refractivity contribution in [1.29, 1.82) is 0 Å². The maximum atomic E-state index is 12.2. The summed E-state index contributed by atoms with van der Waals surface area (Å²) in [6.45, 7) is 7.09. The Hall–Kier alpha value is -3.02. The van der Waals surface area contributed by atoms with Crippen molar-refractivity contribution in [3.63, 3.8) is 0 Å². The summed E-state index contributed by atoms with van der Waals surface area (Å²) in [6.07, 6.45) is 5.21. The molecule has 0 aliphatic heterocycles. The lowest BCUT2D eigenvalue weighted by atomic mass is 10.1. The summed E-state index contributed by atoms with van der Waals surface area (Å²) < 4.78 is 5.73. The Bertz CT molecular complexity index is 802. The molecule has 0 unspecified atom stereocenters. The highest BCUT2D eigenvalue weighted by Crippen LogP contribution is 2.17. The first-order valence-electron chi connectivity index (χ1n) is 11.1. The summed E-state index contributed by atoms with van der Waals surface area (Å²) in [5.74, 6) is 0.995. The zero-order valence-electron chi connectivity index (χ0n) is 18.9. The van der Waals surface area contributed by atoms with Crippen LogP contribution in [0.2, 0.25) is 0 Å². The van der Waals surface area contributed by atoms with E-state index in [-0.39, 0.29) is 18.4 Å². The van der Waals surface area contributed by atoms with Crippen LogP contribution in [-0.2, 0) is 9.59 Å². The molecule has 0 bridgehead atoms. The highest BCUT2D eigenvalue weighted by atomic mass is 16.5. The van der Waals surface area contributed by atoms with E-state index in [1.165, 1.54) is 19.3 Å². The van der Waals surface area contributed by atoms with Crippen molar-refractivity contribution in [2.24, 2.45) is 5.92 Å². The van der Waals surface area contributed by atoms with Crippen LogP contribution in [0.1, 0.15) is 52.9 Å². The molecule has 2 amide bonds. The predicted molar refractivity (Wildman–Crippen MR) is 128 cm³/mol. The average Bonchev–Trinajstić information content (AvgIpc) is 2.74. The lowest BCUT2D eigenvalue weighted by Crippen LogP contribution is -2.21. The molecule has 2 aromatic rings. The van der Waals surface area contributed by atoms with Gasteiger partial charge in [-0.2, -0.15) is 0 Å². The first-order chi connectivity index (χ1) is 15.0. The van der Waals surface area contributed by atoms with Crippen LogP contribution in [0.15, 0.2) is 48.5 Å². The van der Waals surface area contributed by atoms with E-state index in [2.05, 4.69) is 22.9 Å². The van der Waals surface area contributed by atoms with Gasteiger partial charge in [0.2, 0.25) is 11.8 Å². The maximum Gasteiger partial charge on any atom is 0.243 e. The number of hydrogen-bond donors (Lipinski definition) is 3. The third-order valence-corrected chi connectivity index (χ3v) is 4.62. The minimum absolute atomic E-state index is 0.0103. The minimum Gasteiger partial charge on any atom is -0.494 e. The van der Waals surface area contributed by atoms with Crippen molar-refractivity contribution < 1.29 is 14.3 Å². The first kappa shape index (κ1) is 24.3. The molecule has 0 spiro atoms. The summed E-state index contributed by atoms with van der Waals surface area (Å²) in [7, 11) is 0. The van der Waals surface area contributed by atoms with Gasteiger partial charge in [-0.3, -0.25) is 9.59 Å². The fourth-order valence-electron chi connectivity index (χ4n) is 3.00. The number of ether oxygens (including phenoxy) is 1. The van der Waals surface area contributed by atoms with E-state index in [1.54, 1.807) is 24.3 Å². The number of nitrogens with one attached hydrogen (secondary N) is 3. The van der Waals surface area contributed by atoms with Gasteiger partial charge in [0.15, 0.2) is 0 Å². The molecule has 0 aromatic heterocycles. The second-order valence-corrected chi connectivity index (χ2v) is 8.06. The number of amides is 2. The molecule has 0 heterocycles. The highest BCUT2D eigenvalue weighted by molar-refractivity contribution is 5.94. The van der Waals surface area contributed by atoms with Crippen molar-refractivity contribution in [2.45, 2.75) is 52.9 Å². The third-order valence-electron chi connectivity index (χ3n) is 4.62. The SMILES string of the molecule is CCCCCCOc1ccc(NCC(=O)Nc2ccc(NC(=O)CC(C)C)cc2)cc1. The van der Waals surface area contributed by atoms with E-state index in [4.69, 9.17) is 4.74 Å². The van der Waals surface area contributed by atoms with Gasteiger partial charge in [0.25, 0.3) is 0 Å². The van der Waals surface area contributed by atoms with E-state index < -0.39 is 0 Å². The summed E-state index contributed by atoms with van der Waals surface area (Å²) in [4.78, 5) is 24.0. The van der Waals surface area contributed by atoms with Crippen molar-refractivity contribution >= 4 is 28.9 Å². The van der Waals surface area contributed by atoms with Crippen LogP contribution in [0.25, 0.3) is 0 Å². The van der Waals surface area contributed by atoms with Gasteiger partial charge in [-0.1, -0.05) is 40.0 Å². The van der Waals surface area contributed by atoms with E-state index in [9.17, 15) is 9.59 Å². The average molecular weight is 426 g/mol. The third kappa shape index (κ3) is 10.0. The molecule has 0 atom stereocenters. The number of hydrogen-bond acceptors (Lipinski definition) is 4. The smallest absolute Gasteiger partial charge is 0.243 e. The predicted octanol–water partition coefficient (Wildman–Crippen LogP) is 5.68. The molecular formula is C25H35N3O3. The van der Waals surface area contributed by atoms with Crippen LogP contribution < -0.4 is 20.7 Å². The summed E-state index contributed by atoms with van der Waals surface area (Å²) >= 11 is 0. The van der Waals surface area contributed by atoms with Crippen molar-refractivity contribution in [3.8, 4) is 5.75 Å². The molecule has 3 N–H and O–H groups in total. The fraction of sp³-hybridized carbons (Fsp3) is 0.440. The number of benzene rings is 2. The van der Waals surface area contributed by atoms with Crippen LogP contribution >= 0.6 is 0 Å². The molecule has 2 rings (SSSR count). The lowest BCUT2D eigenvalue weighted by molar-refractivity contribution is -0.117. The van der Waals surface area contributed by atoms with Crippen molar-refractivity contribution in [2.75, 3.05) is 29.1 Å². The summed E-state index contributed by atoms with van der Waals surface area (Å²) in [6, 6.07) is 14.7. The quantitative estimate of drug-likeness (QED) is 0.361. The van der Waals surface area contributed by atoms with Gasteiger partial charge < -0.3 is 20.7 Å². The number of rotatable bonds is 13. The van der Waals surface area contributed by atoms with E-state index >= 15 is 0 Å². The Labute approximate surface area is 185 Å². The molecule has 0 aliphatic carbocycles. The largest absolute Gasteiger partial charge is 0.494 e. The Kier molecular flexibility index (Phi) is 10.4. The Morgan fingerprint density at radius 3 is 1.97 bits per heavy atom. The molecule has 0 saturated carbocycles. The van der Waals surface area contributed by atoms with E-state index in [0.717, 1.165) is 30.2 Å². The molecule has 0 radical (unpaired) electrons. The van der Waals surface area contributed by atoms with Gasteiger partial charge in [0, 0.05) is 23.5 Å². The van der Waals surface area contributed by atoms with Gasteiger partial charge in [0.05, 0.1) is 13.2 Å². The van der Waals surface area contributed by atoms with Gasteiger partial charge in [-0.25, -0.2) is 0 Å². The number of carbonyl (C=O) groups is 2. The summed E-state index contributed by atoms with van der Waals surface area (Å²) in [5, 5.41) is 8.80. The molecule has 6 heteroatoms. The molecule has 6 nitrogen and oxygen atoms in total. The highest BCUT2D eigenvalue weighted by Gasteiger charge is 2.06. The fourth-order valence-corrected chi connectivity index (χ4v) is 3.00. The van der Waals surface area contributed by atoms with Gasteiger partial charge in [0.1, 0.15) is 5.75 Å². The van der Waals surface area contributed by atoms with E-state index in [1.807, 2.05) is 38.1 Å². The zero-order valence-corrected chi connectivity index (χ0v) is 18.9. The van der Waals surface area contributed by atoms with Gasteiger partial charge in [-0.05, 0) is 60.9 Å². The topological polar surface area (TPSA) is 79.5 Å². The second kappa shape index (κ2) is 13.3. The van der Waals surface area contributed by atoms with Crippen LogP contribution in [0.3, 0.4) is 0 Å². The molecule has 31 heavy (non-hydrogen) atoms. The Morgan fingerprint density at radius 2 is 1.39 bits per heavy atom. The lowest BCUT2D eigenvalue weighted by Gasteiger charge is -2.11. The molecule has 2 aromatic carbocycles. The summed E-state index contributed by atoms with van der Waals surface area (Å²) in [5.41, 5.74) is 2.26. The zero-order chi connectivity index (χ0) is 22.5. The monoisotopic (exact) mass is 425 g/mol. The number of anilines is 3. The van der Waals surface area contributed by atoms with Crippen LogP contribution in [-0.4, -0.2) is 25.0 Å². The van der Waals surface area contributed by atoms with Crippen molar-refractivity contribution in [1.82, 2.24) is 0 Å². The van der Waals surface area contributed by atoms with Crippen LogP contribution in [0.5, 0.6) is 5.75 Å². The normalized spacial score (nSPS) is 10.6. The van der Waals surface area contributed by atoms with Crippen LogP contribution in [0, 0.1) is 5.92 Å².